The molecule has 0 aromatic heterocycles. The number of ether oxygens (including phenoxy) is 1. The van der Waals surface area contributed by atoms with Gasteiger partial charge in [0.05, 0.1) is 6.10 Å². The standard InChI is InChI=1S/C18H34O/c1-3-5-14-19-18-12-10-17(11-13-18)16-8-6-15(4-2)7-9-16/h15-18H,3-14H2,1-2H3/t15-,16-,17-,18-. The predicted molar refractivity (Wildman–Crippen MR) is 82.3 cm³/mol. The molecule has 0 unspecified atom stereocenters. The monoisotopic (exact) mass is 266 g/mol. The fourth-order valence-corrected chi connectivity index (χ4v) is 4.19. The summed E-state index contributed by atoms with van der Waals surface area (Å²) in [6, 6.07) is 0. The van der Waals surface area contributed by atoms with Gasteiger partial charge in [-0.15, -0.1) is 0 Å². The summed E-state index contributed by atoms with van der Waals surface area (Å²) in [6.07, 6.45) is 16.1. The molecule has 2 rings (SSSR count). The lowest BCUT2D eigenvalue weighted by molar-refractivity contribution is 0.00586. The number of unbranched alkanes of at least 4 members (excludes halogenated alkanes) is 1. The van der Waals surface area contributed by atoms with Gasteiger partial charge in [0.2, 0.25) is 0 Å². The normalized spacial score (nSPS) is 36.3. The van der Waals surface area contributed by atoms with Crippen molar-refractivity contribution in [2.75, 3.05) is 6.61 Å². The third-order valence-electron chi connectivity index (χ3n) is 5.71. The van der Waals surface area contributed by atoms with E-state index in [9.17, 15) is 0 Å². The summed E-state index contributed by atoms with van der Waals surface area (Å²) in [6.45, 7) is 5.60. The summed E-state index contributed by atoms with van der Waals surface area (Å²) >= 11 is 0. The maximum Gasteiger partial charge on any atom is 0.0575 e. The van der Waals surface area contributed by atoms with Crippen LogP contribution >= 0.6 is 0 Å². The van der Waals surface area contributed by atoms with Gasteiger partial charge in [-0.25, -0.2) is 0 Å². The first-order valence-corrected chi connectivity index (χ1v) is 8.95. The van der Waals surface area contributed by atoms with Gasteiger partial charge in [-0.3, -0.25) is 0 Å². The SMILES string of the molecule is CCCCO[C@H]1CC[C@H]([C@H]2CC[C@H](CC)CC2)CC1. The van der Waals surface area contributed by atoms with Gasteiger partial charge in [-0.05, 0) is 62.7 Å². The van der Waals surface area contributed by atoms with E-state index in [0.29, 0.717) is 6.10 Å². The van der Waals surface area contributed by atoms with Crippen molar-refractivity contribution < 1.29 is 4.74 Å². The maximum atomic E-state index is 5.99. The Morgan fingerprint density at radius 1 is 0.789 bits per heavy atom. The minimum absolute atomic E-state index is 0.592. The molecular weight excluding hydrogens is 232 g/mol. The highest BCUT2D eigenvalue weighted by Gasteiger charge is 2.30. The fourth-order valence-electron chi connectivity index (χ4n) is 4.19. The quantitative estimate of drug-likeness (QED) is 0.570. The second kappa shape index (κ2) is 8.29. The molecule has 0 aliphatic heterocycles. The molecule has 0 heterocycles. The lowest BCUT2D eigenvalue weighted by Crippen LogP contribution is -2.28. The van der Waals surface area contributed by atoms with Crippen LogP contribution in [-0.4, -0.2) is 12.7 Å². The minimum Gasteiger partial charge on any atom is -0.378 e. The van der Waals surface area contributed by atoms with Crippen LogP contribution in [0.25, 0.3) is 0 Å². The highest BCUT2D eigenvalue weighted by atomic mass is 16.5. The molecule has 0 spiro atoms. The van der Waals surface area contributed by atoms with E-state index in [1.54, 1.807) is 0 Å². The fraction of sp³-hybridized carbons (Fsp3) is 1.00. The molecule has 1 nitrogen and oxygen atoms in total. The smallest absolute Gasteiger partial charge is 0.0575 e. The predicted octanol–water partition coefficient (Wildman–Crippen LogP) is 5.58. The first kappa shape index (κ1) is 15.4. The van der Waals surface area contributed by atoms with Crippen LogP contribution in [0.1, 0.15) is 84.5 Å². The molecular formula is C18H34O. The molecule has 2 aliphatic carbocycles. The first-order chi connectivity index (χ1) is 9.33. The summed E-state index contributed by atoms with van der Waals surface area (Å²) < 4.78 is 5.99. The Labute approximate surface area is 120 Å². The summed E-state index contributed by atoms with van der Waals surface area (Å²) in [5.74, 6) is 3.13. The van der Waals surface area contributed by atoms with Crippen LogP contribution < -0.4 is 0 Å². The summed E-state index contributed by atoms with van der Waals surface area (Å²) in [5, 5.41) is 0. The number of hydrogen-bond donors (Lipinski definition) is 0. The van der Waals surface area contributed by atoms with Crippen molar-refractivity contribution in [3.05, 3.63) is 0 Å². The zero-order valence-electron chi connectivity index (χ0n) is 13.2. The van der Waals surface area contributed by atoms with E-state index in [2.05, 4.69) is 13.8 Å². The molecule has 2 saturated carbocycles. The average Bonchev–Trinajstić information content (AvgIpc) is 2.48. The third-order valence-corrected chi connectivity index (χ3v) is 5.71. The lowest BCUT2D eigenvalue weighted by atomic mass is 9.70. The maximum absolute atomic E-state index is 5.99. The van der Waals surface area contributed by atoms with Gasteiger partial charge < -0.3 is 4.74 Å². The highest BCUT2D eigenvalue weighted by Crippen LogP contribution is 2.41. The molecule has 2 aliphatic rings. The van der Waals surface area contributed by atoms with Crippen LogP contribution in [0.4, 0.5) is 0 Å². The first-order valence-electron chi connectivity index (χ1n) is 8.95. The van der Waals surface area contributed by atoms with Crippen LogP contribution in [0.15, 0.2) is 0 Å². The van der Waals surface area contributed by atoms with Crippen LogP contribution in [0, 0.1) is 17.8 Å². The van der Waals surface area contributed by atoms with Crippen molar-refractivity contribution in [1.82, 2.24) is 0 Å². The zero-order chi connectivity index (χ0) is 13.5. The van der Waals surface area contributed by atoms with Crippen molar-refractivity contribution in [2.24, 2.45) is 17.8 Å². The van der Waals surface area contributed by atoms with E-state index in [0.717, 1.165) is 24.4 Å². The molecule has 0 atom stereocenters. The lowest BCUT2D eigenvalue weighted by Gasteiger charge is -2.37. The van der Waals surface area contributed by atoms with Gasteiger partial charge in [0.15, 0.2) is 0 Å². The molecule has 0 aromatic rings. The third kappa shape index (κ3) is 4.77. The summed E-state index contributed by atoms with van der Waals surface area (Å²) in [4.78, 5) is 0. The Bertz CT molecular complexity index is 222. The van der Waals surface area contributed by atoms with E-state index in [4.69, 9.17) is 4.74 Å². The molecule has 0 radical (unpaired) electrons. The Hall–Kier alpha value is -0.0400. The molecule has 0 bridgehead atoms. The molecule has 1 heteroatoms. The molecule has 2 fully saturated rings. The summed E-state index contributed by atoms with van der Waals surface area (Å²) in [7, 11) is 0. The van der Waals surface area contributed by atoms with E-state index in [1.807, 2.05) is 0 Å². The Morgan fingerprint density at radius 3 is 1.89 bits per heavy atom. The largest absolute Gasteiger partial charge is 0.378 e. The highest BCUT2D eigenvalue weighted by molar-refractivity contribution is 4.82. The van der Waals surface area contributed by atoms with E-state index in [1.165, 1.54) is 70.6 Å². The van der Waals surface area contributed by atoms with Crippen molar-refractivity contribution in [3.8, 4) is 0 Å². The van der Waals surface area contributed by atoms with Gasteiger partial charge in [-0.2, -0.15) is 0 Å². The Kier molecular flexibility index (Phi) is 6.70. The Balaban J connectivity index is 1.63. The minimum atomic E-state index is 0.592. The molecule has 0 N–H and O–H groups in total. The van der Waals surface area contributed by atoms with Crippen molar-refractivity contribution in [3.63, 3.8) is 0 Å². The van der Waals surface area contributed by atoms with Gasteiger partial charge in [0.25, 0.3) is 0 Å². The Morgan fingerprint density at radius 2 is 1.37 bits per heavy atom. The van der Waals surface area contributed by atoms with Crippen molar-refractivity contribution in [1.29, 1.82) is 0 Å². The van der Waals surface area contributed by atoms with Crippen LogP contribution in [0.3, 0.4) is 0 Å². The molecule has 0 saturated heterocycles. The van der Waals surface area contributed by atoms with E-state index in [-0.39, 0.29) is 0 Å². The van der Waals surface area contributed by atoms with Crippen LogP contribution in [0.2, 0.25) is 0 Å². The molecule has 0 amide bonds. The van der Waals surface area contributed by atoms with Crippen LogP contribution in [0.5, 0.6) is 0 Å². The van der Waals surface area contributed by atoms with Crippen LogP contribution in [-0.2, 0) is 4.74 Å². The summed E-state index contributed by atoms with van der Waals surface area (Å²) in [5.41, 5.74) is 0. The second-order valence-corrected chi connectivity index (χ2v) is 6.95. The molecule has 0 aromatic carbocycles. The van der Waals surface area contributed by atoms with E-state index < -0.39 is 0 Å². The average molecular weight is 266 g/mol. The van der Waals surface area contributed by atoms with Crippen molar-refractivity contribution in [2.45, 2.75) is 90.6 Å². The topological polar surface area (TPSA) is 9.23 Å². The van der Waals surface area contributed by atoms with Gasteiger partial charge in [-0.1, -0.05) is 39.5 Å². The van der Waals surface area contributed by atoms with Gasteiger partial charge in [0.1, 0.15) is 0 Å². The number of rotatable bonds is 6. The molecule has 19 heavy (non-hydrogen) atoms. The number of hydrogen-bond acceptors (Lipinski definition) is 1. The molecule has 112 valence electrons. The zero-order valence-corrected chi connectivity index (χ0v) is 13.2. The van der Waals surface area contributed by atoms with Gasteiger partial charge >= 0.3 is 0 Å². The van der Waals surface area contributed by atoms with E-state index >= 15 is 0 Å². The second-order valence-electron chi connectivity index (χ2n) is 6.95. The van der Waals surface area contributed by atoms with Gasteiger partial charge in [0, 0.05) is 6.61 Å². The van der Waals surface area contributed by atoms with Crippen molar-refractivity contribution >= 4 is 0 Å².